The van der Waals surface area contributed by atoms with Crippen LogP contribution in [0.4, 0.5) is 0 Å². The summed E-state index contributed by atoms with van der Waals surface area (Å²) in [5.41, 5.74) is 2.01. The van der Waals surface area contributed by atoms with E-state index >= 15 is 0 Å². The molecule has 3 heteroatoms. The molecule has 0 aliphatic heterocycles. The van der Waals surface area contributed by atoms with Gasteiger partial charge in [-0.2, -0.15) is 0 Å². The topological polar surface area (TPSA) is 56.1 Å². The van der Waals surface area contributed by atoms with E-state index in [9.17, 15) is 5.11 Å². The van der Waals surface area contributed by atoms with Crippen molar-refractivity contribution in [2.75, 3.05) is 0 Å². The lowest BCUT2D eigenvalue weighted by molar-refractivity contribution is 0.471. The molecule has 0 saturated heterocycles. The third-order valence-electron chi connectivity index (χ3n) is 2.19. The average molecular weight is 218 g/mol. The summed E-state index contributed by atoms with van der Waals surface area (Å²) < 4.78 is 0. The van der Waals surface area contributed by atoms with Crippen LogP contribution in [0.1, 0.15) is 25.0 Å². The van der Waals surface area contributed by atoms with E-state index in [1.54, 1.807) is 30.5 Å². The van der Waals surface area contributed by atoms with Gasteiger partial charge < -0.3 is 15.8 Å². The molecule has 0 unspecified atom stereocenters. The molecule has 86 valence electrons. The normalized spacial score (nSPS) is 11.0. The molecule has 16 heavy (non-hydrogen) atoms. The lowest BCUT2D eigenvalue weighted by atomic mass is 10.1. The maximum Gasteiger partial charge on any atom is 0.118 e. The first kappa shape index (κ1) is 12.3. The molecule has 0 aromatic heterocycles. The first-order valence-corrected chi connectivity index (χ1v) is 5.32. The zero-order valence-electron chi connectivity index (χ0n) is 9.91. The van der Waals surface area contributed by atoms with E-state index in [1.807, 2.05) is 20.8 Å². The third kappa shape index (κ3) is 3.42. The highest BCUT2D eigenvalue weighted by atomic mass is 16.3. The molecular weight excluding hydrogens is 200 g/mol. The van der Waals surface area contributed by atoms with Crippen LogP contribution < -0.4 is 5.32 Å². The number of aromatic hydroxyl groups is 1. The van der Waals surface area contributed by atoms with E-state index in [0.29, 0.717) is 11.8 Å². The van der Waals surface area contributed by atoms with Gasteiger partial charge >= 0.3 is 0 Å². The monoisotopic (exact) mass is 218 g/mol. The number of nitrogens with one attached hydrogen (secondary N) is 2. The number of hydrogen-bond donors (Lipinski definition) is 3. The van der Waals surface area contributed by atoms with Gasteiger partial charge in [0.1, 0.15) is 5.75 Å². The highest BCUT2D eigenvalue weighted by molar-refractivity contribution is 6.06. The van der Waals surface area contributed by atoms with Gasteiger partial charge in [0.2, 0.25) is 0 Å². The van der Waals surface area contributed by atoms with Crippen LogP contribution in [0, 0.1) is 12.3 Å². The molecule has 0 radical (unpaired) electrons. The van der Waals surface area contributed by atoms with E-state index in [2.05, 4.69) is 5.32 Å². The van der Waals surface area contributed by atoms with Gasteiger partial charge in [0.05, 0.1) is 5.71 Å². The van der Waals surface area contributed by atoms with Crippen molar-refractivity contribution in [1.29, 1.82) is 5.41 Å². The Kier molecular flexibility index (Phi) is 4.11. The number of phenolic OH excluding ortho intramolecular Hbond substituents is 1. The Balaban J connectivity index is 2.73. The summed E-state index contributed by atoms with van der Waals surface area (Å²) in [6, 6.07) is 5.52. The molecule has 3 N–H and O–H groups in total. The average Bonchev–Trinajstić information content (AvgIpc) is 2.21. The van der Waals surface area contributed by atoms with Crippen molar-refractivity contribution in [1.82, 2.24) is 5.32 Å². The van der Waals surface area contributed by atoms with Gasteiger partial charge in [-0.15, -0.1) is 0 Å². The Hall–Kier alpha value is -1.77. The number of rotatable bonds is 4. The van der Waals surface area contributed by atoms with Gasteiger partial charge in [-0.1, -0.05) is 0 Å². The summed E-state index contributed by atoms with van der Waals surface area (Å²) in [6.45, 7) is 5.90. The molecule has 0 heterocycles. The summed E-state index contributed by atoms with van der Waals surface area (Å²) in [5, 5.41) is 20.3. The number of aryl methyl sites for hydroxylation is 1. The number of allylic oxidation sites excluding steroid dienone is 1. The maximum absolute atomic E-state index is 9.37. The molecule has 0 spiro atoms. The molecule has 0 bridgehead atoms. The number of hydrogen-bond acceptors (Lipinski definition) is 3. The first-order valence-electron chi connectivity index (χ1n) is 5.32. The van der Waals surface area contributed by atoms with Gasteiger partial charge in [0.15, 0.2) is 0 Å². The van der Waals surface area contributed by atoms with Crippen molar-refractivity contribution < 1.29 is 5.11 Å². The van der Waals surface area contributed by atoms with E-state index in [-0.39, 0.29) is 5.75 Å². The predicted octanol–water partition coefficient (Wildman–Crippen LogP) is 2.58. The summed E-state index contributed by atoms with van der Waals surface area (Å²) in [5.74, 6) is 0.265. The van der Waals surface area contributed by atoms with E-state index < -0.39 is 0 Å². The fourth-order valence-corrected chi connectivity index (χ4v) is 1.24. The molecule has 0 aliphatic carbocycles. The minimum atomic E-state index is 0.265. The second-order valence-electron chi connectivity index (χ2n) is 4.07. The molecular formula is C13H18N2O. The van der Waals surface area contributed by atoms with Crippen molar-refractivity contribution >= 4 is 5.71 Å². The minimum absolute atomic E-state index is 0.265. The summed E-state index contributed by atoms with van der Waals surface area (Å²) in [4.78, 5) is 0. The van der Waals surface area contributed by atoms with Crippen LogP contribution in [0.15, 0.2) is 30.5 Å². The van der Waals surface area contributed by atoms with Gasteiger partial charge in [-0.3, -0.25) is 0 Å². The zero-order chi connectivity index (χ0) is 12.1. The van der Waals surface area contributed by atoms with Crippen molar-refractivity contribution in [3.05, 3.63) is 41.6 Å². The SMILES string of the molecule is Cc1cc(C(=N)/C=C\NC(C)C)ccc1O. The standard InChI is InChI=1S/C13H18N2O/c1-9(2)15-7-6-12(14)11-4-5-13(16)10(3)8-11/h4-9,14-16H,1-3H3/b7-6-,14-12?. The quantitative estimate of drug-likeness (QED) is 0.680. The Morgan fingerprint density at radius 3 is 2.69 bits per heavy atom. The van der Waals surface area contributed by atoms with Crippen molar-refractivity contribution in [2.24, 2.45) is 0 Å². The second kappa shape index (κ2) is 5.35. The third-order valence-corrected chi connectivity index (χ3v) is 2.19. The number of phenols is 1. The molecule has 1 aromatic rings. The summed E-state index contributed by atoms with van der Waals surface area (Å²) >= 11 is 0. The zero-order valence-corrected chi connectivity index (χ0v) is 9.91. The first-order chi connectivity index (χ1) is 7.50. The Bertz CT molecular complexity index is 408. The van der Waals surface area contributed by atoms with E-state index in [0.717, 1.165) is 11.1 Å². The summed E-state index contributed by atoms with van der Waals surface area (Å²) in [6.07, 6.45) is 3.49. The lowest BCUT2D eigenvalue weighted by Crippen LogP contribution is -2.15. The van der Waals surface area contributed by atoms with E-state index in [4.69, 9.17) is 5.41 Å². The van der Waals surface area contributed by atoms with Crippen LogP contribution in [0.3, 0.4) is 0 Å². The Labute approximate surface area is 96.3 Å². The fourth-order valence-electron chi connectivity index (χ4n) is 1.24. The van der Waals surface area contributed by atoms with Gasteiger partial charge in [0.25, 0.3) is 0 Å². The molecule has 1 aromatic carbocycles. The molecule has 0 fully saturated rings. The smallest absolute Gasteiger partial charge is 0.118 e. The minimum Gasteiger partial charge on any atom is -0.508 e. The molecule has 3 nitrogen and oxygen atoms in total. The van der Waals surface area contributed by atoms with Crippen LogP contribution in [0.2, 0.25) is 0 Å². The molecule has 0 aliphatic rings. The van der Waals surface area contributed by atoms with Gasteiger partial charge in [-0.05, 0) is 62.4 Å². The highest BCUT2D eigenvalue weighted by Crippen LogP contribution is 2.17. The van der Waals surface area contributed by atoms with Crippen LogP contribution >= 0.6 is 0 Å². The van der Waals surface area contributed by atoms with Crippen LogP contribution in [0.5, 0.6) is 5.75 Å². The maximum atomic E-state index is 9.37. The predicted molar refractivity (Wildman–Crippen MR) is 67.1 cm³/mol. The van der Waals surface area contributed by atoms with Gasteiger partial charge in [-0.25, -0.2) is 0 Å². The lowest BCUT2D eigenvalue weighted by Gasteiger charge is -2.05. The molecule has 1 rings (SSSR count). The van der Waals surface area contributed by atoms with Crippen molar-refractivity contribution in [2.45, 2.75) is 26.8 Å². The molecule has 0 saturated carbocycles. The van der Waals surface area contributed by atoms with Crippen molar-refractivity contribution in [3.8, 4) is 5.75 Å². The number of benzene rings is 1. The largest absolute Gasteiger partial charge is 0.508 e. The van der Waals surface area contributed by atoms with Crippen molar-refractivity contribution in [3.63, 3.8) is 0 Å². The van der Waals surface area contributed by atoms with Crippen LogP contribution in [0.25, 0.3) is 0 Å². The molecule has 0 amide bonds. The Morgan fingerprint density at radius 1 is 1.44 bits per heavy atom. The second-order valence-corrected chi connectivity index (χ2v) is 4.07. The molecule has 0 atom stereocenters. The highest BCUT2D eigenvalue weighted by Gasteiger charge is 2.00. The van der Waals surface area contributed by atoms with E-state index in [1.165, 1.54) is 0 Å². The van der Waals surface area contributed by atoms with Crippen LogP contribution in [-0.4, -0.2) is 16.9 Å². The van der Waals surface area contributed by atoms with Gasteiger partial charge in [0, 0.05) is 6.04 Å². The Morgan fingerprint density at radius 2 is 2.12 bits per heavy atom. The fraction of sp³-hybridized carbons (Fsp3) is 0.308. The summed E-state index contributed by atoms with van der Waals surface area (Å²) in [7, 11) is 0. The van der Waals surface area contributed by atoms with Crippen LogP contribution in [-0.2, 0) is 0 Å².